The van der Waals surface area contributed by atoms with Crippen molar-refractivity contribution in [1.29, 1.82) is 0 Å². The second kappa shape index (κ2) is 9.14. The number of rotatable bonds is 6. The molecule has 0 aromatic heterocycles. The monoisotopic (exact) mass is 391 g/mol. The van der Waals surface area contributed by atoms with Crippen LogP contribution < -0.4 is 15.6 Å². The number of non-ortho nitro benzene ring substituents is 1. The largest absolute Gasteiger partial charge is 0.483 e. The van der Waals surface area contributed by atoms with E-state index in [0.717, 1.165) is 16.8 Å². The van der Waals surface area contributed by atoms with Gasteiger partial charge in [0, 0.05) is 23.6 Å². The zero-order chi connectivity index (χ0) is 20.6. The molecule has 0 saturated carbocycles. The van der Waals surface area contributed by atoms with Crippen molar-refractivity contribution < 1.29 is 19.2 Å². The summed E-state index contributed by atoms with van der Waals surface area (Å²) in [7, 11) is 0. The average molecular weight is 391 g/mol. The van der Waals surface area contributed by atoms with Crippen molar-refractivity contribution in [2.75, 3.05) is 6.61 Å². The highest BCUT2D eigenvalue weighted by Gasteiger charge is 2.07. The lowest BCUT2D eigenvalue weighted by Crippen LogP contribution is -2.43. The molecule has 0 unspecified atom stereocenters. The smallest absolute Gasteiger partial charge is 0.276 e. The van der Waals surface area contributed by atoms with E-state index in [9.17, 15) is 19.7 Å². The Morgan fingerprint density at radius 3 is 2.59 bits per heavy atom. The van der Waals surface area contributed by atoms with Crippen LogP contribution in [0.1, 0.15) is 5.56 Å². The van der Waals surface area contributed by atoms with Crippen LogP contribution >= 0.6 is 0 Å². The summed E-state index contributed by atoms with van der Waals surface area (Å²) in [5.41, 5.74) is 4.88. The number of carbonyl (C=O) groups excluding carboxylic acids is 2. The molecule has 0 bridgehead atoms. The molecular weight excluding hydrogens is 374 g/mol. The van der Waals surface area contributed by atoms with Crippen LogP contribution in [0.4, 0.5) is 5.69 Å². The Labute approximate surface area is 165 Å². The van der Waals surface area contributed by atoms with Crippen LogP contribution in [0.25, 0.3) is 16.8 Å². The van der Waals surface area contributed by atoms with Crippen LogP contribution in [0.15, 0.2) is 72.8 Å². The fourth-order valence-corrected chi connectivity index (χ4v) is 2.59. The van der Waals surface area contributed by atoms with E-state index in [-0.39, 0.29) is 12.3 Å². The highest BCUT2D eigenvalue weighted by molar-refractivity contribution is 5.93. The summed E-state index contributed by atoms with van der Waals surface area (Å²) < 4.78 is 5.53. The number of amides is 2. The third-order valence-corrected chi connectivity index (χ3v) is 3.94. The maximum atomic E-state index is 11.9. The highest BCUT2D eigenvalue weighted by atomic mass is 16.6. The molecule has 2 amide bonds. The van der Waals surface area contributed by atoms with Crippen molar-refractivity contribution in [3.63, 3.8) is 0 Å². The van der Waals surface area contributed by atoms with Gasteiger partial charge >= 0.3 is 0 Å². The number of nitro benzene ring substituents is 1. The minimum atomic E-state index is -0.588. The Morgan fingerprint density at radius 2 is 1.76 bits per heavy atom. The van der Waals surface area contributed by atoms with Gasteiger partial charge in [0.25, 0.3) is 17.5 Å². The van der Waals surface area contributed by atoms with Crippen LogP contribution in [-0.4, -0.2) is 23.3 Å². The van der Waals surface area contributed by atoms with Gasteiger partial charge in [-0.15, -0.1) is 0 Å². The number of hydrazine groups is 1. The number of hydrogen-bond donors (Lipinski definition) is 2. The SMILES string of the molecule is O=C(/C=C/c1cccc([N+](=O)[O-])c1)NNC(=O)COc1cccc2ccccc12. The van der Waals surface area contributed by atoms with Crippen LogP contribution in [-0.2, 0) is 9.59 Å². The van der Waals surface area contributed by atoms with Crippen molar-refractivity contribution in [3.8, 4) is 5.75 Å². The normalized spacial score (nSPS) is 10.6. The maximum absolute atomic E-state index is 11.9. The zero-order valence-electron chi connectivity index (χ0n) is 15.2. The second-order valence-corrected chi connectivity index (χ2v) is 5.99. The number of nitrogens with one attached hydrogen (secondary N) is 2. The first-order chi connectivity index (χ1) is 14.0. The molecule has 0 radical (unpaired) electrons. The number of hydrogen-bond acceptors (Lipinski definition) is 5. The van der Waals surface area contributed by atoms with Crippen molar-refractivity contribution in [1.82, 2.24) is 10.9 Å². The van der Waals surface area contributed by atoms with Gasteiger partial charge in [0.2, 0.25) is 0 Å². The molecular formula is C21H17N3O5. The third-order valence-electron chi connectivity index (χ3n) is 3.94. The fraction of sp³-hybridized carbons (Fsp3) is 0.0476. The van der Waals surface area contributed by atoms with E-state index in [2.05, 4.69) is 10.9 Å². The average Bonchev–Trinajstić information content (AvgIpc) is 2.75. The van der Waals surface area contributed by atoms with E-state index >= 15 is 0 Å². The standard InChI is InChI=1S/C21H17N3O5/c25-20(12-11-15-5-3-8-17(13-15)24(27)28)22-23-21(26)14-29-19-10-4-7-16-6-1-2-9-18(16)19/h1-13H,14H2,(H,22,25)(H,23,26)/b12-11+. The number of carbonyl (C=O) groups is 2. The number of ether oxygens (including phenoxy) is 1. The van der Waals surface area contributed by atoms with Crippen LogP contribution in [0.5, 0.6) is 5.75 Å². The van der Waals surface area contributed by atoms with Crippen LogP contribution in [0.3, 0.4) is 0 Å². The van der Waals surface area contributed by atoms with Crippen LogP contribution in [0, 0.1) is 10.1 Å². The summed E-state index contributed by atoms with van der Waals surface area (Å²) in [6, 6.07) is 19.0. The first-order valence-corrected chi connectivity index (χ1v) is 8.65. The Morgan fingerprint density at radius 1 is 1.00 bits per heavy atom. The Kier molecular flexibility index (Phi) is 6.16. The van der Waals surface area contributed by atoms with Crippen molar-refractivity contribution in [2.45, 2.75) is 0 Å². The van der Waals surface area contributed by atoms with Gasteiger partial charge in [0.15, 0.2) is 6.61 Å². The first kappa shape index (κ1) is 19.6. The molecule has 2 N–H and O–H groups in total. The molecule has 8 nitrogen and oxygen atoms in total. The summed E-state index contributed by atoms with van der Waals surface area (Å²) in [6.07, 6.45) is 2.56. The summed E-state index contributed by atoms with van der Waals surface area (Å²) in [4.78, 5) is 33.9. The van der Waals surface area contributed by atoms with Gasteiger partial charge in [-0.05, 0) is 23.1 Å². The molecule has 0 aliphatic heterocycles. The molecule has 0 spiro atoms. The quantitative estimate of drug-likeness (QED) is 0.381. The molecule has 146 valence electrons. The molecule has 3 rings (SSSR count). The van der Waals surface area contributed by atoms with Gasteiger partial charge in [0.1, 0.15) is 5.75 Å². The fourth-order valence-electron chi connectivity index (χ4n) is 2.59. The number of nitro groups is 1. The third kappa shape index (κ3) is 5.39. The van der Waals surface area contributed by atoms with Gasteiger partial charge in [-0.2, -0.15) is 0 Å². The molecule has 0 fully saturated rings. The number of benzene rings is 3. The van der Waals surface area contributed by atoms with E-state index in [1.807, 2.05) is 36.4 Å². The summed E-state index contributed by atoms with van der Waals surface area (Å²) in [5, 5.41) is 12.6. The molecule has 8 heteroatoms. The lowest BCUT2D eigenvalue weighted by molar-refractivity contribution is -0.384. The van der Waals surface area contributed by atoms with Crippen LogP contribution in [0.2, 0.25) is 0 Å². The Bertz CT molecular complexity index is 1090. The summed E-state index contributed by atoms with van der Waals surface area (Å²) in [5.74, 6) is -0.555. The minimum absolute atomic E-state index is 0.0774. The maximum Gasteiger partial charge on any atom is 0.276 e. The Balaban J connectivity index is 1.49. The van der Waals surface area contributed by atoms with Crippen molar-refractivity contribution >= 4 is 34.4 Å². The van der Waals surface area contributed by atoms with Gasteiger partial charge in [-0.25, -0.2) is 0 Å². The van der Waals surface area contributed by atoms with Gasteiger partial charge in [-0.3, -0.25) is 30.6 Å². The number of nitrogens with zero attached hydrogens (tertiary/aromatic N) is 1. The second-order valence-electron chi connectivity index (χ2n) is 5.99. The predicted molar refractivity (Wildman–Crippen MR) is 108 cm³/mol. The highest BCUT2D eigenvalue weighted by Crippen LogP contribution is 2.24. The van der Waals surface area contributed by atoms with Crippen molar-refractivity contribution in [3.05, 3.63) is 88.5 Å². The predicted octanol–water partition coefficient (Wildman–Crippen LogP) is 2.99. The molecule has 3 aromatic carbocycles. The van der Waals surface area contributed by atoms with Crippen molar-refractivity contribution in [2.24, 2.45) is 0 Å². The Hall–Kier alpha value is -4.20. The molecule has 29 heavy (non-hydrogen) atoms. The lowest BCUT2D eigenvalue weighted by Gasteiger charge is -2.09. The molecule has 3 aromatic rings. The molecule has 0 heterocycles. The summed E-state index contributed by atoms with van der Waals surface area (Å²) in [6.45, 7) is -0.275. The lowest BCUT2D eigenvalue weighted by atomic mass is 10.1. The van der Waals surface area contributed by atoms with E-state index < -0.39 is 16.7 Å². The van der Waals surface area contributed by atoms with E-state index in [1.54, 1.807) is 12.1 Å². The molecule has 0 aliphatic carbocycles. The van der Waals surface area contributed by atoms with Gasteiger partial charge in [0.05, 0.1) is 4.92 Å². The topological polar surface area (TPSA) is 111 Å². The van der Waals surface area contributed by atoms with E-state index in [1.165, 1.54) is 24.3 Å². The van der Waals surface area contributed by atoms with Gasteiger partial charge < -0.3 is 4.74 Å². The van der Waals surface area contributed by atoms with E-state index in [0.29, 0.717) is 11.3 Å². The molecule has 0 aliphatic rings. The first-order valence-electron chi connectivity index (χ1n) is 8.65. The van der Waals surface area contributed by atoms with E-state index in [4.69, 9.17) is 4.74 Å². The van der Waals surface area contributed by atoms with Gasteiger partial charge in [-0.1, -0.05) is 48.5 Å². The zero-order valence-corrected chi connectivity index (χ0v) is 15.2. The molecule has 0 saturated heterocycles. The molecule has 0 atom stereocenters. The summed E-state index contributed by atoms with van der Waals surface area (Å²) >= 11 is 0. The minimum Gasteiger partial charge on any atom is -0.483 e. The number of fused-ring (bicyclic) bond motifs is 1.